The molecule has 2 rings (SSSR count). The summed E-state index contributed by atoms with van der Waals surface area (Å²) in [6, 6.07) is 5.75. The summed E-state index contributed by atoms with van der Waals surface area (Å²) >= 11 is 0. The lowest BCUT2D eigenvalue weighted by atomic mass is 10.2. The number of nitrogens with one attached hydrogen (secondary N) is 1. The molecule has 0 aliphatic heterocycles. The van der Waals surface area contributed by atoms with Crippen molar-refractivity contribution in [1.29, 1.82) is 0 Å². The van der Waals surface area contributed by atoms with Crippen LogP contribution in [-0.2, 0) is 9.84 Å². The maximum absolute atomic E-state index is 12.2. The zero-order valence-electron chi connectivity index (χ0n) is 10.8. The van der Waals surface area contributed by atoms with Crippen LogP contribution >= 0.6 is 0 Å². The summed E-state index contributed by atoms with van der Waals surface area (Å²) in [4.78, 5) is 0.294. The summed E-state index contributed by atoms with van der Waals surface area (Å²) in [5.41, 5.74) is 0.921. The van der Waals surface area contributed by atoms with Crippen molar-refractivity contribution in [3.05, 3.63) is 23.8 Å². The third-order valence-electron chi connectivity index (χ3n) is 3.04. The highest BCUT2D eigenvalue weighted by molar-refractivity contribution is 7.91. The Morgan fingerprint density at radius 2 is 2.11 bits per heavy atom. The van der Waals surface area contributed by atoms with Crippen molar-refractivity contribution in [3.8, 4) is 5.75 Å². The maximum Gasteiger partial charge on any atom is 0.183 e. The monoisotopic (exact) mass is 269 g/mol. The van der Waals surface area contributed by atoms with Gasteiger partial charge in [-0.25, -0.2) is 8.42 Å². The smallest absolute Gasteiger partial charge is 0.183 e. The van der Waals surface area contributed by atoms with Crippen LogP contribution in [0.1, 0.15) is 18.4 Å². The van der Waals surface area contributed by atoms with E-state index in [1.807, 2.05) is 13.0 Å². The SMILES string of the molecule is COc1ccc(C)cc1S(=O)(=O)CCNC1CC1. The lowest BCUT2D eigenvalue weighted by molar-refractivity contribution is 0.402. The molecular weight excluding hydrogens is 250 g/mol. The first-order valence-electron chi connectivity index (χ1n) is 6.14. The van der Waals surface area contributed by atoms with Crippen molar-refractivity contribution >= 4 is 9.84 Å². The average molecular weight is 269 g/mol. The number of rotatable bonds is 6. The molecule has 0 bridgehead atoms. The fraction of sp³-hybridized carbons (Fsp3) is 0.538. The molecule has 1 N–H and O–H groups in total. The van der Waals surface area contributed by atoms with Crippen LogP contribution in [0.5, 0.6) is 5.75 Å². The summed E-state index contributed by atoms with van der Waals surface area (Å²) in [6.45, 7) is 2.38. The fourth-order valence-electron chi connectivity index (χ4n) is 1.82. The molecule has 1 fully saturated rings. The van der Waals surface area contributed by atoms with E-state index in [1.165, 1.54) is 7.11 Å². The second kappa shape index (κ2) is 5.28. The Morgan fingerprint density at radius 1 is 1.39 bits per heavy atom. The van der Waals surface area contributed by atoms with Crippen LogP contribution in [0, 0.1) is 6.92 Å². The molecule has 1 aromatic carbocycles. The predicted molar refractivity (Wildman–Crippen MR) is 70.8 cm³/mol. The first-order chi connectivity index (χ1) is 8.53. The largest absolute Gasteiger partial charge is 0.495 e. The normalized spacial score (nSPS) is 15.7. The van der Waals surface area contributed by atoms with Gasteiger partial charge in [-0.15, -0.1) is 0 Å². The summed E-state index contributed by atoms with van der Waals surface area (Å²) in [6.07, 6.45) is 2.32. The molecule has 0 heterocycles. The molecule has 1 aromatic rings. The van der Waals surface area contributed by atoms with E-state index >= 15 is 0 Å². The van der Waals surface area contributed by atoms with Gasteiger partial charge in [-0.05, 0) is 37.5 Å². The Labute approximate surface area is 108 Å². The summed E-state index contributed by atoms with van der Waals surface area (Å²) in [7, 11) is -1.79. The standard InChI is InChI=1S/C13H19NO3S/c1-10-3-6-12(17-2)13(9-10)18(15,16)8-7-14-11-4-5-11/h3,6,9,11,14H,4-5,7-8H2,1-2H3. The van der Waals surface area contributed by atoms with E-state index in [0.717, 1.165) is 18.4 Å². The number of hydrogen-bond donors (Lipinski definition) is 1. The van der Waals surface area contributed by atoms with Crippen LogP contribution in [-0.4, -0.2) is 33.9 Å². The van der Waals surface area contributed by atoms with Crippen LogP contribution in [0.3, 0.4) is 0 Å². The van der Waals surface area contributed by atoms with Gasteiger partial charge in [-0.1, -0.05) is 6.07 Å². The van der Waals surface area contributed by atoms with Gasteiger partial charge in [0.05, 0.1) is 12.9 Å². The van der Waals surface area contributed by atoms with Crippen molar-refractivity contribution in [3.63, 3.8) is 0 Å². The van der Waals surface area contributed by atoms with Crippen molar-refractivity contribution in [1.82, 2.24) is 5.32 Å². The van der Waals surface area contributed by atoms with Gasteiger partial charge in [-0.3, -0.25) is 0 Å². The van der Waals surface area contributed by atoms with Gasteiger partial charge >= 0.3 is 0 Å². The highest BCUT2D eigenvalue weighted by Crippen LogP contribution is 2.26. The van der Waals surface area contributed by atoms with Crippen LogP contribution in [0.4, 0.5) is 0 Å². The number of hydrogen-bond acceptors (Lipinski definition) is 4. The van der Waals surface area contributed by atoms with Gasteiger partial charge < -0.3 is 10.1 Å². The third kappa shape index (κ3) is 3.23. The van der Waals surface area contributed by atoms with E-state index in [0.29, 0.717) is 23.2 Å². The maximum atomic E-state index is 12.2. The Balaban J connectivity index is 2.13. The van der Waals surface area contributed by atoms with Gasteiger partial charge in [0.2, 0.25) is 0 Å². The van der Waals surface area contributed by atoms with Crippen molar-refractivity contribution in [2.75, 3.05) is 19.4 Å². The molecule has 100 valence electrons. The van der Waals surface area contributed by atoms with E-state index in [1.54, 1.807) is 12.1 Å². The molecule has 1 aliphatic carbocycles. The van der Waals surface area contributed by atoms with E-state index in [-0.39, 0.29) is 5.75 Å². The lowest BCUT2D eigenvalue weighted by Crippen LogP contribution is -2.25. The van der Waals surface area contributed by atoms with E-state index in [9.17, 15) is 8.42 Å². The van der Waals surface area contributed by atoms with Gasteiger partial charge in [0.25, 0.3) is 0 Å². The van der Waals surface area contributed by atoms with Gasteiger partial charge in [0.1, 0.15) is 10.6 Å². The minimum absolute atomic E-state index is 0.114. The molecular formula is C13H19NO3S. The zero-order chi connectivity index (χ0) is 13.2. The Kier molecular flexibility index (Phi) is 3.92. The molecule has 1 saturated carbocycles. The first-order valence-corrected chi connectivity index (χ1v) is 7.79. The summed E-state index contributed by atoms with van der Waals surface area (Å²) in [5, 5.41) is 3.21. The van der Waals surface area contributed by atoms with Crippen molar-refractivity contribution < 1.29 is 13.2 Å². The van der Waals surface area contributed by atoms with E-state index < -0.39 is 9.84 Å². The topological polar surface area (TPSA) is 55.4 Å². The van der Waals surface area contributed by atoms with Gasteiger partial charge in [0, 0.05) is 12.6 Å². The highest BCUT2D eigenvalue weighted by Gasteiger charge is 2.23. The molecule has 0 atom stereocenters. The molecule has 5 heteroatoms. The molecule has 0 unspecified atom stereocenters. The average Bonchev–Trinajstić information content (AvgIpc) is 3.13. The second-order valence-corrected chi connectivity index (χ2v) is 6.78. The number of aryl methyl sites for hydroxylation is 1. The quantitative estimate of drug-likeness (QED) is 0.851. The Hall–Kier alpha value is -1.07. The minimum Gasteiger partial charge on any atom is -0.495 e. The van der Waals surface area contributed by atoms with Crippen LogP contribution < -0.4 is 10.1 Å². The molecule has 4 nitrogen and oxygen atoms in total. The van der Waals surface area contributed by atoms with Crippen molar-refractivity contribution in [2.45, 2.75) is 30.7 Å². The number of methoxy groups -OCH3 is 1. The molecule has 1 aliphatic rings. The van der Waals surface area contributed by atoms with Gasteiger partial charge in [0.15, 0.2) is 9.84 Å². The van der Waals surface area contributed by atoms with Crippen molar-refractivity contribution in [2.24, 2.45) is 0 Å². The first kappa shape index (κ1) is 13.4. The summed E-state index contributed by atoms with van der Waals surface area (Å²) < 4.78 is 29.6. The number of ether oxygens (including phenoxy) is 1. The summed E-state index contributed by atoms with van der Waals surface area (Å²) in [5.74, 6) is 0.538. The molecule has 0 saturated heterocycles. The third-order valence-corrected chi connectivity index (χ3v) is 4.77. The number of sulfone groups is 1. The number of benzene rings is 1. The highest BCUT2D eigenvalue weighted by atomic mass is 32.2. The second-order valence-electron chi connectivity index (χ2n) is 4.70. The molecule has 0 radical (unpaired) electrons. The molecule has 0 spiro atoms. The van der Waals surface area contributed by atoms with Crippen LogP contribution in [0.2, 0.25) is 0 Å². The van der Waals surface area contributed by atoms with E-state index in [2.05, 4.69) is 5.32 Å². The minimum atomic E-state index is -3.28. The Morgan fingerprint density at radius 3 is 2.72 bits per heavy atom. The zero-order valence-corrected chi connectivity index (χ0v) is 11.6. The van der Waals surface area contributed by atoms with Gasteiger partial charge in [-0.2, -0.15) is 0 Å². The van der Waals surface area contributed by atoms with Crippen LogP contribution in [0.25, 0.3) is 0 Å². The molecule has 18 heavy (non-hydrogen) atoms. The van der Waals surface area contributed by atoms with Crippen LogP contribution in [0.15, 0.2) is 23.1 Å². The van der Waals surface area contributed by atoms with E-state index in [4.69, 9.17) is 4.74 Å². The predicted octanol–water partition coefficient (Wildman–Crippen LogP) is 1.53. The molecule has 0 amide bonds. The Bertz CT molecular complexity index is 521. The fourth-order valence-corrected chi connectivity index (χ4v) is 3.25. The molecule has 0 aromatic heterocycles. The lowest BCUT2D eigenvalue weighted by Gasteiger charge is -2.10.